The third-order valence-corrected chi connectivity index (χ3v) is 2.92. The summed E-state index contributed by atoms with van der Waals surface area (Å²) in [6, 6.07) is 0. The Hall–Kier alpha value is -2.03. The van der Waals surface area contributed by atoms with Gasteiger partial charge in [0.15, 0.2) is 5.16 Å². The van der Waals surface area contributed by atoms with Gasteiger partial charge in [0.2, 0.25) is 5.91 Å². The van der Waals surface area contributed by atoms with Crippen molar-refractivity contribution in [2.45, 2.75) is 19.0 Å². The van der Waals surface area contributed by atoms with E-state index in [1.165, 1.54) is 18.7 Å². The van der Waals surface area contributed by atoms with Crippen molar-refractivity contribution in [2.75, 3.05) is 37.0 Å². The predicted molar refractivity (Wildman–Crippen MR) is 81.4 cm³/mol. The van der Waals surface area contributed by atoms with Crippen molar-refractivity contribution in [2.24, 2.45) is 0 Å². The minimum Gasteiger partial charge on any atom is -0.462 e. The molecule has 9 heteroatoms. The average Bonchev–Trinajstić information content (AvgIpc) is 2.42. The van der Waals surface area contributed by atoms with Crippen molar-refractivity contribution in [3.8, 4) is 0 Å². The van der Waals surface area contributed by atoms with Crippen LogP contribution in [0, 0.1) is 0 Å². The standard InChI is InChI=1S/C12H19N5O3S/c1-4-20-11(19)8-9(13)16-12(21-3)17-10(8)15-6-5-14-7(2)18/h4-6H2,1-3H3,(H,14,18)(H3,13,15,16,17). The van der Waals surface area contributed by atoms with Crippen LogP contribution in [0.1, 0.15) is 24.2 Å². The largest absolute Gasteiger partial charge is 0.462 e. The molecular weight excluding hydrogens is 294 g/mol. The molecule has 0 radical (unpaired) electrons. The van der Waals surface area contributed by atoms with E-state index in [0.29, 0.717) is 24.1 Å². The summed E-state index contributed by atoms with van der Waals surface area (Å²) in [4.78, 5) is 31.0. The Morgan fingerprint density at radius 2 is 2.05 bits per heavy atom. The molecule has 1 aromatic heterocycles. The number of rotatable bonds is 7. The van der Waals surface area contributed by atoms with Crippen LogP contribution >= 0.6 is 11.8 Å². The summed E-state index contributed by atoms with van der Waals surface area (Å²) in [6.45, 7) is 4.16. The molecule has 0 aromatic carbocycles. The van der Waals surface area contributed by atoms with Crippen LogP contribution < -0.4 is 16.4 Å². The monoisotopic (exact) mass is 313 g/mol. The SMILES string of the molecule is CCOC(=O)c1c(N)nc(SC)nc1NCCNC(C)=O. The van der Waals surface area contributed by atoms with Gasteiger partial charge >= 0.3 is 5.97 Å². The molecule has 0 unspecified atom stereocenters. The Balaban J connectivity index is 2.93. The second-order valence-electron chi connectivity index (χ2n) is 3.95. The van der Waals surface area contributed by atoms with Crippen LogP contribution in [0.15, 0.2) is 5.16 Å². The number of nitrogen functional groups attached to an aromatic ring is 1. The number of carbonyl (C=O) groups excluding carboxylic acids is 2. The zero-order valence-electron chi connectivity index (χ0n) is 12.2. The lowest BCUT2D eigenvalue weighted by Gasteiger charge is -2.13. The van der Waals surface area contributed by atoms with Crippen LogP contribution in [-0.4, -0.2) is 47.8 Å². The van der Waals surface area contributed by atoms with Gasteiger partial charge in [0.1, 0.15) is 17.2 Å². The minimum absolute atomic E-state index is 0.0647. The van der Waals surface area contributed by atoms with E-state index >= 15 is 0 Å². The Bertz CT molecular complexity index is 524. The van der Waals surface area contributed by atoms with E-state index in [1.807, 2.05) is 0 Å². The first kappa shape index (κ1) is 17.0. The fraction of sp³-hybridized carbons (Fsp3) is 0.500. The molecule has 0 aliphatic carbocycles. The number of hydrogen-bond donors (Lipinski definition) is 3. The molecule has 1 rings (SSSR count). The predicted octanol–water partition coefficient (Wildman–Crippen LogP) is 0.505. The first-order chi connectivity index (χ1) is 9.99. The molecule has 0 aliphatic heterocycles. The number of anilines is 2. The molecule has 0 saturated carbocycles. The lowest BCUT2D eigenvalue weighted by atomic mass is 10.2. The molecule has 0 bridgehead atoms. The average molecular weight is 313 g/mol. The van der Waals surface area contributed by atoms with E-state index in [1.54, 1.807) is 13.2 Å². The molecule has 4 N–H and O–H groups in total. The number of nitrogens with two attached hydrogens (primary N) is 1. The topological polar surface area (TPSA) is 119 Å². The Labute approximate surface area is 127 Å². The highest BCUT2D eigenvalue weighted by Crippen LogP contribution is 2.23. The fourth-order valence-electron chi connectivity index (χ4n) is 1.50. The molecule has 0 aliphatic rings. The number of amides is 1. The van der Waals surface area contributed by atoms with E-state index in [4.69, 9.17) is 10.5 Å². The van der Waals surface area contributed by atoms with E-state index in [2.05, 4.69) is 20.6 Å². The Morgan fingerprint density at radius 3 is 2.62 bits per heavy atom. The molecule has 21 heavy (non-hydrogen) atoms. The van der Waals surface area contributed by atoms with Crippen LogP contribution in [0.2, 0.25) is 0 Å². The van der Waals surface area contributed by atoms with Crippen LogP contribution in [0.25, 0.3) is 0 Å². The van der Waals surface area contributed by atoms with Gasteiger partial charge in [0, 0.05) is 20.0 Å². The highest BCUT2D eigenvalue weighted by molar-refractivity contribution is 7.98. The molecule has 1 aromatic rings. The number of carbonyl (C=O) groups is 2. The van der Waals surface area contributed by atoms with Crippen molar-refractivity contribution < 1.29 is 14.3 Å². The lowest BCUT2D eigenvalue weighted by Crippen LogP contribution is -2.27. The molecule has 1 amide bonds. The maximum atomic E-state index is 11.9. The summed E-state index contributed by atoms with van der Waals surface area (Å²) in [5.74, 6) is -0.343. The van der Waals surface area contributed by atoms with Crippen LogP contribution in [0.4, 0.5) is 11.6 Å². The molecular formula is C12H19N5O3S. The molecule has 0 saturated heterocycles. The summed E-state index contributed by atoms with van der Waals surface area (Å²) in [5.41, 5.74) is 5.92. The second kappa shape index (κ2) is 8.30. The third-order valence-electron chi connectivity index (χ3n) is 2.37. The maximum Gasteiger partial charge on any atom is 0.345 e. The molecule has 0 fully saturated rings. The van der Waals surface area contributed by atoms with E-state index < -0.39 is 5.97 Å². The first-order valence-electron chi connectivity index (χ1n) is 6.36. The van der Waals surface area contributed by atoms with Crippen molar-refractivity contribution in [3.05, 3.63) is 5.56 Å². The lowest BCUT2D eigenvalue weighted by molar-refractivity contribution is -0.118. The van der Waals surface area contributed by atoms with E-state index in [9.17, 15) is 9.59 Å². The summed E-state index contributed by atoms with van der Waals surface area (Å²) < 4.78 is 4.95. The normalized spacial score (nSPS) is 10.0. The quantitative estimate of drug-likeness (QED) is 0.288. The number of aromatic nitrogens is 2. The number of nitrogens with one attached hydrogen (secondary N) is 2. The first-order valence-corrected chi connectivity index (χ1v) is 7.59. The Kier molecular flexibility index (Phi) is 6.73. The molecule has 0 spiro atoms. The number of hydrogen-bond acceptors (Lipinski definition) is 8. The van der Waals surface area contributed by atoms with E-state index in [0.717, 1.165) is 0 Å². The fourth-order valence-corrected chi connectivity index (χ4v) is 1.87. The van der Waals surface area contributed by atoms with Crippen LogP contribution in [-0.2, 0) is 9.53 Å². The highest BCUT2D eigenvalue weighted by Gasteiger charge is 2.20. The smallest absolute Gasteiger partial charge is 0.345 e. The molecule has 1 heterocycles. The zero-order chi connectivity index (χ0) is 15.8. The maximum absolute atomic E-state index is 11.9. The second-order valence-corrected chi connectivity index (χ2v) is 4.72. The molecule has 0 atom stereocenters. The van der Waals surface area contributed by atoms with Crippen molar-refractivity contribution in [1.82, 2.24) is 15.3 Å². The third kappa shape index (κ3) is 5.10. The van der Waals surface area contributed by atoms with Gasteiger partial charge in [-0.25, -0.2) is 14.8 Å². The van der Waals surface area contributed by atoms with Gasteiger partial charge in [-0.15, -0.1) is 0 Å². The van der Waals surface area contributed by atoms with E-state index in [-0.39, 0.29) is 23.9 Å². The van der Waals surface area contributed by atoms with Crippen LogP contribution in [0.3, 0.4) is 0 Å². The number of ether oxygens (including phenoxy) is 1. The van der Waals surface area contributed by atoms with Gasteiger partial charge in [-0.1, -0.05) is 11.8 Å². The highest BCUT2D eigenvalue weighted by atomic mass is 32.2. The summed E-state index contributed by atoms with van der Waals surface area (Å²) in [5, 5.41) is 6.05. The molecule has 116 valence electrons. The van der Waals surface area contributed by atoms with Gasteiger partial charge in [-0.2, -0.15) is 0 Å². The van der Waals surface area contributed by atoms with Crippen molar-refractivity contribution in [1.29, 1.82) is 0 Å². The van der Waals surface area contributed by atoms with Crippen molar-refractivity contribution in [3.63, 3.8) is 0 Å². The van der Waals surface area contributed by atoms with Gasteiger partial charge in [-0.05, 0) is 13.2 Å². The number of nitrogens with zero attached hydrogens (tertiary/aromatic N) is 2. The number of esters is 1. The van der Waals surface area contributed by atoms with Gasteiger partial charge < -0.3 is 21.1 Å². The van der Waals surface area contributed by atoms with Gasteiger partial charge in [0.05, 0.1) is 6.61 Å². The summed E-state index contributed by atoms with van der Waals surface area (Å²) in [7, 11) is 0. The van der Waals surface area contributed by atoms with Gasteiger partial charge in [-0.3, -0.25) is 4.79 Å². The van der Waals surface area contributed by atoms with Gasteiger partial charge in [0.25, 0.3) is 0 Å². The van der Waals surface area contributed by atoms with Crippen LogP contribution in [0.5, 0.6) is 0 Å². The van der Waals surface area contributed by atoms with Crippen molar-refractivity contribution >= 4 is 35.3 Å². The zero-order valence-corrected chi connectivity index (χ0v) is 13.0. The minimum atomic E-state index is -0.579. The summed E-state index contributed by atoms with van der Waals surface area (Å²) >= 11 is 1.31. The summed E-state index contributed by atoms with van der Waals surface area (Å²) in [6.07, 6.45) is 1.81. The molecule has 8 nitrogen and oxygen atoms in total. The number of thioether (sulfide) groups is 1. The Morgan fingerprint density at radius 1 is 1.33 bits per heavy atom.